The van der Waals surface area contributed by atoms with Crippen LogP contribution in [0.2, 0.25) is 0 Å². The minimum Gasteiger partial charge on any atom is -0.491 e. The van der Waals surface area contributed by atoms with Crippen LogP contribution in [-0.4, -0.2) is 112 Å². The molecule has 6 heterocycles. The third-order valence-corrected chi connectivity index (χ3v) is 14.8. The number of carbonyl (C=O) groups excluding carboxylic acids is 4. The molecule has 0 aliphatic carbocycles. The second kappa shape index (κ2) is 21.5. The highest BCUT2D eigenvalue weighted by Gasteiger charge is 2.44. The number of allylic oxidation sites excluding steroid dienone is 1. The van der Waals surface area contributed by atoms with Crippen LogP contribution >= 0.6 is 0 Å². The molecular formula is C57H68F2N8O8. The van der Waals surface area contributed by atoms with E-state index in [1.54, 1.807) is 17.2 Å². The SMILES string of the molecule is CCC1C=C(c2ccc3c(c2)cc2n3C(c3cccc(OC(C)C)c3)Oc3cc(-c4cnc(C5CC(C)CN5C(=O)C(NC(=O)OC)C(C)C)[nH]4)cc(F)c3-2)N=C(C2CC(F)CN2C(=O)C(NC(=O)OC)C(C)C)C1. The maximum absolute atomic E-state index is 17.2. The lowest BCUT2D eigenvalue weighted by Gasteiger charge is -2.33. The van der Waals surface area contributed by atoms with Crippen molar-refractivity contribution in [3.8, 4) is 34.0 Å². The van der Waals surface area contributed by atoms with Crippen molar-refractivity contribution in [3.05, 3.63) is 95.7 Å². The summed E-state index contributed by atoms with van der Waals surface area (Å²) >= 11 is 0. The molecule has 16 nitrogen and oxygen atoms in total. The molecule has 5 aromatic rings. The molecule has 2 saturated heterocycles. The van der Waals surface area contributed by atoms with Crippen molar-refractivity contribution >= 4 is 46.3 Å². The molecule has 398 valence electrons. The highest BCUT2D eigenvalue weighted by Crippen LogP contribution is 2.48. The summed E-state index contributed by atoms with van der Waals surface area (Å²) in [5.41, 5.74) is 5.65. The summed E-state index contributed by atoms with van der Waals surface area (Å²) in [6.45, 7) is 15.8. The summed E-state index contributed by atoms with van der Waals surface area (Å²) in [4.78, 5) is 69.2. The van der Waals surface area contributed by atoms with Crippen molar-refractivity contribution in [1.29, 1.82) is 0 Å². The Bertz CT molecular complexity index is 3050. The average molecular weight is 1030 g/mol. The first-order chi connectivity index (χ1) is 35.8. The van der Waals surface area contributed by atoms with Crippen molar-refractivity contribution in [1.82, 2.24) is 35.0 Å². The zero-order valence-corrected chi connectivity index (χ0v) is 44.3. The number of aromatic amines is 1. The number of alkyl carbamates (subject to hydrolysis) is 2. The monoisotopic (exact) mass is 1030 g/mol. The standard InChI is InChI=1S/C57H68F2N8O8/c1-11-33-18-41(61-42(19-33)45-25-38(58)28-66(45)54(69)51(30(4)5)64-57(71)73-10)34-15-16-44-37(20-34)23-46-49-40(59)22-36(24-48(49)75-55(67(44)46)35-13-12-14-39(21-35)74-31(6)7)43-26-60-52(62-43)47-17-32(8)27-65(47)53(68)50(29(2)3)63-56(70)72-9/h12-16,18,20-24,26,29-33,38,45,47,50-51,55H,11,17,19,25,27-28H2,1-10H3,(H,60,62)(H,63,70)(H,64,71). The predicted octanol–water partition coefficient (Wildman–Crippen LogP) is 10.4. The Balaban J connectivity index is 1.08. The molecule has 3 aromatic carbocycles. The lowest BCUT2D eigenvalue weighted by atomic mass is 9.89. The predicted molar refractivity (Wildman–Crippen MR) is 281 cm³/mol. The summed E-state index contributed by atoms with van der Waals surface area (Å²) in [6, 6.07) is 16.2. The van der Waals surface area contributed by atoms with Crippen LogP contribution in [0.1, 0.15) is 110 Å². The van der Waals surface area contributed by atoms with Crippen LogP contribution in [0.5, 0.6) is 11.5 Å². The Hall–Kier alpha value is -7.24. The van der Waals surface area contributed by atoms with E-state index < -0.39 is 54.6 Å². The van der Waals surface area contributed by atoms with Crippen LogP contribution in [0.25, 0.3) is 39.1 Å². The van der Waals surface area contributed by atoms with Crippen molar-refractivity contribution < 1.29 is 46.9 Å². The number of H-pyrrole nitrogens is 1. The fraction of sp³-hybridized carbons (Fsp3) is 0.474. The third-order valence-electron chi connectivity index (χ3n) is 14.8. The van der Waals surface area contributed by atoms with Gasteiger partial charge in [0.2, 0.25) is 18.0 Å². The van der Waals surface area contributed by atoms with Crippen molar-refractivity contribution in [2.75, 3.05) is 27.3 Å². The van der Waals surface area contributed by atoms with Crippen LogP contribution in [0.4, 0.5) is 18.4 Å². The maximum atomic E-state index is 17.2. The molecule has 4 amide bonds. The topological polar surface area (TPSA) is 182 Å². The number of alkyl halides is 1. The molecule has 0 spiro atoms. The number of nitrogens with one attached hydrogen (secondary N) is 3. The van der Waals surface area contributed by atoms with Crippen LogP contribution in [0.3, 0.4) is 0 Å². The molecule has 18 heteroatoms. The number of nitrogens with zero attached hydrogens (tertiary/aromatic N) is 5. The fourth-order valence-corrected chi connectivity index (χ4v) is 11.0. The molecule has 9 rings (SSSR count). The van der Waals surface area contributed by atoms with Gasteiger partial charge >= 0.3 is 12.2 Å². The number of carbonyl (C=O) groups is 4. The number of benzene rings is 3. The third kappa shape index (κ3) is 10.6. The Morgan fingerprint density at radius 1 is 0.853 bits per heavy atom. The zero-order chi connectivity index (χ0) is 53.6. The quantitative estimate of drug-likeness (QED) is 0.0975. The van der Waals surface area contributed by atoms with Gasteiger partial charge in [-0.25, -0.2) is 23.4 Å². The average Bonchev–Trinajstić information content (AvgIpc) is 4.21. The maximum Gasteiger partial charge on any atom is 0.407 e. The van der Waals surface area contributed by atoms with Gasteiger partial charge in [-0.05, 0) is 99.2 Å². The lowest BCUT2D eigenvalue weighted by molar-refractivity contribution is -0.136. The number of aromatic nitrogens is 3. The van der Waals surface area contributed by atoms with Crippen LogP contribution < -0.4 is 20.1 Å². The molecule has 2 fully saturated rings. The van der Waals surface area contributed by atoms with Gasteiger partial charge in [-0.1, -0.05) is 65.8 Å². The van der Waals surface area contributed by atoms with Crippen molar-refractivity contribution in [3.63, 3.8) is 0 Å². The molecule has 0 radical (unpaired) electrons. The molecule has 8 atom stereocenters. The highest BCUT2D eigenvalue weighted by atomic mass is 19.1. The van der Waals surface area contributed by atoms with Gasteiger partial charge in [0.15, 0.2) is 0 Å². The summed E-state index contributed by atoms with van der Waals surface area (Å²) in [5, 5.41) is 6.15. The lowest BCUT2D eigenvalue weighted by Crippen LogP contribution is -2.54. The number of likely N-dealkylation sites (tertiary alicyclic amines) is 2. The zero-order valence-electron chi connectivity index (χ0n) is 44.3. The van der Waals surface area contributed by atoms with E-state index >= 15 is 8.78 Å². The van der Waals surface area contributed by atoms with Gasteiger partial charge < -0.3 is 48.9 Å². The molecule has 4 aliphatic rings. The van der Waals surface area contributed by atoms with Gasteiger partial charge in [-0.3, -0.25) is 14.6 Å². The van der Waals surface area contributed by atoms with Gasteiger partial charge in [0.25, 0.3) is 0 Å². The van der Waals surface area contributed by atoms with E-state index in [2.05, 4.69) is 35.5 Å². The first-order valence-electron chi connectivity index (χ1n) is 26.1. The molecular weight excluding hydrogens is 963 g/mol. The number of imidazole rings is 1. The molecule has 8 unspecified atom stereocenters. The van der Waals surface area contributed by atoms with Crippen molar-refractivity contribution in [2.45, 2.75) is 124 Å². The van der Waals surface area contributed by atoms with E-state index in [-0.39, 0.29) is 60.1 Å². The number of fused-ring (bicyclic) bond motifs is 5. The second-order valence-corrected chi connectivity index (χ2v) is 21.3. The van der Waals surface area contributed by atoms with Crippen LogP contribution in [0, 0.1) is 29.5 Å². The summed E-state index contributed by atoms with van der Waals surface area (Å²) in [5.74, 6) is 0.104. The molecule has 2 aromatic heterocycles. The second-order valence-electron chi connectivity index (χ2n) is 21.3. The minimum absolute atomic E-state index is 0.0603. The summed E-state index contributed by atoms with van der Waals surface area (Å²) in [6.07, 6.45) is 2.30. The van der Waals surface area contributed by atoms with Gasteiger partial charge in [0.05, 0.1) is 73.3 Å². The number of rotatable bonds is 14. The van der Waals surface area contributed by atoms with Gasteiger partial charge in [0.1, 0.15) is 41.4 Å². The minimum atomic E-state index is -1.26. The van der Waals surface area contributed by atoms with Crippen LogP contribution in [0.15, 0.2) is 77.9 Å². The number of hydrogen-bond acceptors (Lipinski definition) is 10. The Kier molecular flexibility index (Phi) is 15.1. The molecule has 4 aliphatic heterocycles. The number of halogens is 2. The van der Waals surface area contributed by atoms with E-state index in [1.807, 2.05) is 94.6 Å². The molecule has 0 saturated carbocycles. The Labute approximate surface area is 436 Å². The number of methoxy groups -OCH3 is 2. The van der Waals surface area contributed by atoms with Gasteiger partial charge in [0, 0.05) is 40.8 Å². The Morgan fingerprint density at radius 2 is 1.55 bits per heavy atom. The normalized spacial score (nSPS) is 22.1. The highest BCUT2D eigenvalue weighted by molar-refractivity contribution is 6.01. The first kappa shape index (κ1) is 52.6. The van der Waals surface area contributed by atoms with Gasteiger partial charge in [-0.2, -0.15) is 0 Å². The number of amides is 4. The van der Waals surface area contributed by atoms with Gasteiger partial charge in [-0.15, -0.1) is 0 Å². The van der Waals surface area contributed by atoms with Crippen LogP contribution in [-0.2, 0) is 19.1 Å². The first-order valence-corrected chi connectivity index (χ1v) is 26.1. The number of aliphatic imine (C=N–C) groups is 1. The summed E-state index contributed by atoms with van der Waals surface area (Å²) in [7, 11) is 2.50. The summed E-state index contributed by atoms with van der Waals surface area (Å²) < 4.78 is 57.3. The van der Waals surface area contributed by atoms with E-state index in [0.717, 1.165) is 28.5 Å². The molecule has 0 bridgehead atoms. The van der Waals surface area contributed by atoms with E-state index in [0.29, 0.717) is 65.1 Å². The van der Waals surface area contributed by atoms with E-state index in [1.165, 1.54) is 25.2 Å². The largest absolute Gasteiger partial charge is 0.491 e. The van der Waals surface area contributed by atoms with E-state index in [4.69, 9.17) is 28.9 Å². The molecule has 75 heavy (non-hydrogen) atoms. The Morgan fingerprint density at radius 3 is 2.20 bits per heavy atom. The number of ether oxygens (including phenoxy) is 4. The smallest absolute Gasteiger partial charge is 0.407 e. The fourth-order valence-electron chi connectivity index (χ4n) is 11.0. The molecule has 3 N–H and O–H groups in total. The van der Waals surface area contributed by atoms with E-state index in [9.17, 15) is 19.2 Å². The number of hydrogen-bond donors (Lipinski definition) is 3. The van der Waals surface area contributed by atoms with Crippen molar-refractivity contribution in [2.24, 2.45) is 28.7 Å².